The molecule has 0 amide bonds. The van der Waals surface area contributed by atoms with Crippen LogP contribution in [0.25, 0.3) is 0 Å². The van der Waals surface area contributed by atoms with Gasteiger partial charge in [-0.2, -0.15) is 0 Å². The molecule has 1 aromatic rings. The summed E-state index contributed by atoms with van der Waals surface area (Å²) in [6.07, 6.45) is 0.623. The molecular weight excluding hydrogens is 248 g/mol. The largest absolute Gasteiger partial charge is 0.490 e. The van der Waals surface area contributed by atoms with Gasteiger partial charge < -0.3 is 15.2 Å². The predicted octanol–water partition coefficient (Wildman–Crippen LogP) is 2.42. The smallest absolute Gasteiger partial charge is 0.333 e. The number of para-hydroxylation sites is 1. The van der Waals surface area contributed by atoms with Crippen LogP contribution in [0.2, 0.25) is 0 Å². The molecule has 1 rings (SSSR count). The molecule has 19 heavy (non-hydrogen) atoms. The van der Waals surface area contributed by atoms with Gasteiger partial charge in [-0.15, -0.1) is 0 Å². The third-order valence-corrected chi connectivity index (χ3v) is 2.95. The molecule has 0 aromatic heterocycles. The summed E-state index contributed by atoms with van der Waals surface area (Å²) in [6.45, 7) is 4.60. The molecule has 0 aliphatic heterocycles. The second-order valence-corrected chi connectivity index (χ2v) is 5.10. The third-order valence-electron chi connectivity index (χ3n) is 2.95. The van der Waals surface area contributed by atoms with Crippen LogP contribution >= 0.6 is 0 Å². The first-order chi connectivity index (χ1) is 8.91. The summed E-state index contributed by atoms with van der Waals surface area (Å²) >= 11 is 0. The molecule has 0 fully saturated rings. The van der Waals surface area contributed by atoms with E-state index in [0.29, 0.717) is 18.7 Å². The zero-order valence-corrected chi connectivity index (χ0v) is 11.5. The summed E-state index contributed by atoms with van der Waals surface area (Å²) in [6, 6.07) is 4.91. The second kappa shape index (κ2) is 6.38. The molecule has 0 aliphatic carbocycles. The lowest BCUT2D eigenvalue weighted by atomic mass is 9.89. The van der Waals surface area contributed by atoms with Crippen LogP contribution in [0, 0.1) is 15.5 Å². The van der Waals surface area contributed by atoms with Crippen molar-refractivity contribution < 1.29 is 14.8 Å². The molecule has 106 valence electrons. The Morgan fingerprint density at radius 2 is 2.16 bits per heavy atom. The zero-order chi connectivity index (χ0) is 14.5. The van der Waals surface area contributed by atoms with E-state index in [-0.39, 0.29) is 23.5 Å². The quantitative estimate of drug-likeness (QED) is 0.586. The number of hydrogen-bond donors (Lipinski definition) is 2. The van der Waals surface area contributed by atoms with Gasteiger partial charge in [-0.25, -0.2) is 0 Å². The molecule has 0 aliphatic rings. The third kappa shape index (κ3) is 4.10. The topological polar surface area (TPSA) is 84.6 Å². The van der Waals surface area contributed by atoms with Crippen LogP contribution in [0.5, 0.6) is 5.75 Å². The maximum atomic E-state index is 11.1. The first kappa shape index (κ1) is 15.2. The van der Waals surface area contributed by atoms with E-state index in [0.717, 1.165) is 0 Å². The average Bonchev–Trinajstić information content (AvgIpc) is 2.35. The Labute approximate surface area is 112 Å². The lowest BCUT2D eigenvalue weighted by Crippen LogP contribution is -2.24. The number of nitro groups is 1. The number of aliphatic hydroxyl groups is 1. The number of benzene rings is 1. The van der Waals surface area contributed by atoms with E-state index in [1.165, 1.54) is 7.11 Å². The molecule has 1 aromatic carbocycles. The summed E-state index contributed by atoms with van der Waals surface area (Å²) < 4.78 is 5.01. The van der Waals surface area contributed by atoms with E-state index in [1.807, 2.05) is 13.8 Å². The van der Waals surface area contributed by atoms with E-state index in [1.54, 1.807) is 18.2 Å². The summed E-state index contributed by atoms with van der Waals surface area (Å²) in [5.74, 6) is 0.231. The molecule has 0 spiro atoms. The minimum atomic E-state index is -0.458. The van der Waals surface area contributed by atoms with Crippen molar-refractivity contribution in [3.63, 3.8) is 0 Å². The van der Waals surface area contributed by atoms with Crippen molar-refractivity contribution in [1.82, 2.24) is 0 Å². The Bertz CT molecular complexity index is 446. The van der Waals surface area contributed by atoms with E-state index in [2.05, 4.69) is 5.32 Å². The lowest BCUT2D eigenvalue weighted by Gasteiger charge is -2.24. The Balaban J connectivity index is 2.92. The van der Waals surface area contributed by atoms with Gasteiger partial charge in [-0.05, 0) is 24.0 Å². The highest BCUT2D eigenvalue weighted by atomic mass is 16.6. The highest BCUT2D eigenvalue weighted by Gasteiger charge is 2.23. The van der Waals surface area contributed by atoms with Crippen LogP contribution in [-0.4, -0.2) is 30.3 Å². The van der Waals surface area contributed by atoms with Gasteiger partial charge in [0.05, 0.1) is 12.0 Å². The standard InChI is InChI=1S/C13H20N2O4/c1-13(2,7-8-16)9-14-10-5-4-6-11(19-3)12(10)15(17)18/h4-6,14,16H,7-9H2,1-3H3. The van der Waals surface area contributed by atoms with E-state index < -0.39 is 4.92 Å². The Kier molecular flexibility index (Phi) is 5.11. The van der Waals surface area contributed by atoms with Crippen LogP contribution in [0.3, 0.4) is 0 Å². The summed E-state index contributed by atoms with van der Waals surface area (Å²) in [4.78, 5) is 10.6. The van der Waals surface area contributed by atoms with Gasteiger partial charge in [0, 0.05) is 13.2 Å². The van der Waals surface area contributed by atoms with Gasteiger partial charge in [0.25, 0.3) is 0 Å². The maximum absolute atomic E-state index is 11.1. The number of nitro benzene ring substituents is 1. The number of ether oxygens (including phenoxy) is 1. The van der Waals surface area contributed by atoms with Gasteiger partial charge in [-0.3, -0.25) is 10.1 Å². The number of aliphatic hydroxyl groups excluding tert-OH is 1. The Morgan fingerprint density at radius 1 is 1.47 bits per heavy atom. The number of nitrogens with one attached hydrogen (secondary N) is 1. The van der Waals surface area contributed by atoms with Crippen molar-refractivity contribution in [1.29, 1.82) is 0 Å². The lowest BCUT2D eigenvalue weighted by molar-refractivity contribution is -0.384. The van der Waals surface area contributed by atoms with Crippen molar-refractivity contribution >= 4 is 11.4 Å². The summed E-state index contributed by atoms with van der Waals surface area (Å²) in [7, 11) is 1.40. The van der Waals surface area contributed by atoms with Crippen LogP contribution in [0.1, 0.15) is 20.3 Å². The first-order valence-corrected chi connectivity index (χ1v) is 6.07. The molecule has 0 saturated heterocycles. The van der Waals surface area contributed by atoms with E-state index >= 15 is 0 Å². The van der Waals surface area contributed by atoms with Crippen LogP contribution in [0.15, 0.2) is 18.2 Å². The van der Waals surface area contributed by atoms with Gasteiger partial charge in [0.1, 0.15) is 5.69 Å². The van der Waals surface area contributed by atoms with Gasteiger partial charge in [0.15, 0.2) is 5.75 Å². The average molecular weight is 268 g/mol. The fourth-order valence-corrected chi connectivity index (χ4v) is 1.74. The monoisotopic (exact) mass is 268 g/mol. The fourth-order valence-electron chi connectivity index (χ4n) is 1.74. The summed E-state index contributed by atoms with van der Waals surface area (Å²) in [5, 5.41) is 23.1. The Hall–Kier alpha value is -1.82. The molecular formula is C13H20N2O4. The van der Waals surface area contributed by atoms with Crippen molar-refractivity contribution in [3.05, 3.63) is 28.3 Å². The van der Waals surface area contributed by atoms with Gasteiger partial charge in [-0.1, -0.05) is 19.9 Å². The minimum Gasteiger partial charge on any atom is -0.490 e. The number of rotatable bonds is 7. The highest BCUT2D eigenvalue weighted by Crippen LogP contribution is 2.35. The normalized spacial score (nSPS) is 11.2. The van der Waals surface area contributed by atoms with E-state index in [4.69, 9.17) is 9.84 Å². The van der Waals surface area contributed by atoms with Crippen LogP contribution in [0.4, 0.5) is 11.4 Å². The summed E-state index contributed by atoms with van der Waals surface area (Å²) in [5.41, 5.74) is 0.214. The van der Waals surface area contributed by atoms with Crippen molar-refractivity contribution in [2.75, 3.05) is 25.6 Å². The van der Waals surface area contributed by atoms with Crippen molar-refractivity contribution in [2.45, 2.75) is 20.3 Å². The number of anilines is 1. The van der Waals surface area contributed by atoms with Crippen LogP contribution in [-0.2, 0) is 0 Å². The molecule has 6 heteroatoms. The fraction of sp³-hybridized carbons (Fsp3) is 0.538. The number of nitrogens with zero attached hydrogens (tertiary/aromatic N) is 1. The van der Waals surface area contributed by atoms with Crippen molar-refractivity contribution in [2.24, 2.45) is 5.41 Å². The molecule has 0 unspecified atom stereocenters. The number of hydrogen-bond acceptors (Lipinski definition) is 5. The maximum Gasteiger partial charge on any atom is 0.333 e. The molecule has 6 nitrogen and oxygen atoms in total. The molecule has 0 heterocycles. The highest BCUT2D eigenvalue weighted by molar-refractivity contribution is 5.68. The van der Waals surface area contributed by atoms with Crippen molar-refractivity contribution in [3.8, 4) is 5.75 Å². The predicted molar refractivity (Wildman–Crippen MR) is 73.6 cm³/mol. The molecule has 0 bridgehead atoms. The minimum absolute atomic E-state index is 0.0650. The van der Waals surface area contributed by atoms with Gasteiger partial charge >= 0.3 is 5.69 Å². The van der Waals surface area contributed by atoms with E-state index in [9.17, 15) is 10.1 Å². The molecule has 0 radical (unpaired) electrons. The van der Waals surface area contributed by atoms with Gasteiger partial charge in [0.2, 0.25) is 0 Å². The number of methoxy groups -OCH3 is 1. The van der Waals surface area contributed by atoms with Crippen LogP contribution < -0.4 is 10.1 Å². The zero-order valence-electron chi connectivity index (χ0n) is 11.5. The Morgan fingerprint density at radius 3 is 2.68 bits per heavy atom. The molecule has 2 N–H and O–H groups in total. The molecule has 0 atom stereocenters. The molecule has 0 saturated carbocycles. The first-order valence-electron chi connectivity index (χ1n) is 6.07. The SMILES string of the molecule is COc1cccc(NCC(C)(C)CCO)c1[N+](=O)[O-]. The second-order valence-electron chi connectivity index (χ2n) is 5.10.